The van der Waals surface area contributed by atoms with Crippen molar-refractivity contribution in [3.63, 3.8) is 0 Å². The maximum atomic E-state index is 12.5. The molecule has 17 heavy (non-hydrogen) atoms. The third-order valence-corrected chi connectivity index (χ3v) is 1.74. The Morgan fingerprint density at radius 3 is 2.59 bits per heavy atom. The number of amides is 1. The van der Waals surface area contributed by atoms with Crippen LogP contribution in [0.2, 0.25) is 0 Å². The van der Waals surface area contributed by atoms with Crippen molar-refractivity contribution in [1.29, 1.82) is 0 Å². The van der Waals surface area contributed by atoms with Crippen molar-refractivity contribution < 1.29 is 27.1 Å². The van der Waals surface area contributed by atoms with Gasteiger partial charge in [0.25, 0.3) is 5.91 Å². The van der Waals surface area contributed by atoms with Gasteiger partial charge in [-0.25, -0.2) is 5.84 Å². The van der Waals surface area contributed by atoms with E-state index in [4.69, 9.17) is 5.84 Å². The monoisotopic (exact) mass is 252 g/mol. The van der Waals surface area contributed by atoms with E-state index in [0.29, 0.717) is 0 Å². The van der Waals surface area contributed by atoms with E-state index in [9.17, 15) is 22.4 Å². The lowest BCUT2D eigenvalue weighted by Crippen LogP contribution is -2.33. The quantitative estimate of drug-likeness (QED) is 0.369. The summed E-state index contributed by atoms with van der Waals surface area (Å²) in [7, 11) is 0. The van der Waals surface area contributed by atoms with Crippen LogP contribution < -0.4 is 16.0 Å². The van der Waals surface area contributed by atoms with E-state index in [-0.39, 0.29) is 5.56 Å². The number of benzene rings is 1. The molecule has 4 nitrogen and oxygen atoms in total. The number of nitrogens with two attached hydrogens (primary N) is 1. The number of hydrogen-bond acceptors (Lipinski definition) is 3. The predicted octanol–water partition coefficient (Wildman–Crippen LogP) is 1.53. The number of halogens is 4. The number of nitrogens with one attached hydrogen (secondary N) is 1. The second kappa shape index (κ2) is 5.00. The zero-order valence-corrected chi connectivity index (χ0v) is 8.29. The molecule has 1 amide bonds. The van der Waals surface area contributed by atoms with Crippen LogP contribution in [0.5, 0.6) is 5.75 Å². The molecule has 3 N–H and O–H groups in total. The summed E-state index contributed by atoms with van der Waals surface area (Å²) >= 11 is 0. The Morgan fingerprint density at radius 1 is 1.41 bits per heavy atom. The molecule has 94 valence electrons. The van der Waals surface area contributed by atoms with Crippen molar-refractivity contribution >= 4 is 5.91 Å². The molecule has 1 rings (SSSR count). The number of nitrogen functional groups attached to an aromatic ring is 1. The zero-order valence-electron chi connectivity index (χ0n) is 8.29. The van der Waals surface area contributed by atoms with Crippen molar-refractivity contribution in [1.82, 2.24) is 5.43 Å². The Kier molecular flexibility index (Phi) is 3.89. The standard InChI is InChI=1S/C9H8F4N2O2/c10-8(11)9(12,13)17-6-3-1-2-5(4-6)7(16)15-14/h1-4,8H,14H2,(H,15,16). The van der Waals surface area contributed by atoms with Gasteiger partial charge < -0.3 is 4.74 Å². The average molecular weight is 252 g/mol. The van der Waals surface area contributed by atoms with Gasteiger partial charge in [0, 0.05) is 5.56 Å². The molecular formula is C9H8F4N2O2. The summed E-state index contributed by atoms with van der Waals surface area (Å²) in [6.45, 7) is 0. The van der Waals surface area contributed by atoms with Gasteiger partial charge in [-0.05, 0) is 18.2 Å². The van der Waals surface area contributed by atoms with Gasteiger partial charge in [0.15, 0.2) is 0 Å². The lowest BCUT2D eigenvalue weighted by atomic mass is 10.2. The van der Waals surface area contributed by atoms with Gasteiger partial charge in [-0.1, -0.05) is 6.07 Å². The van der Waals surface area contributed by atoms with Crippen molar-refractivity contribution in [2.45, 2.75) is 12.5 Å². The first-order valence-corrected chi connectivity index (χ1v) is 4.33. The van der Waals surface area contributed by atoms with Crippen LogP contribution in [-0.2, 0) is 0 Å². The van der Waals surface area contributed by atoms with E-state index < -0.39 is 24.2 Å². The lowest BCUT2D eigenvalue weighted by molar-refractivity contribution is -0.253. The highest BCUT2D eigenvalue weighted by molar-refractivity contribution is 5.94. The molecule has 0 heterocycles. The molecule has 0 radical (unpaired) electrons. The summed E-state index contributed by atoms with van der Waals surface area (Å²) in [5.74, 6) is 3.51. The fourth-order valence-corrected chi connectivity index (χ4v) is 0.986. The molecule has 0 unspecified atom stereocenters. The first-order valence-electron chi connectivity index (χ1n) is 4.33. The van der Waals surface area contributed by atoms with Crippen molar-refractivity contribution in [2.75, 3.05) is 0 Å². The molecule has 0 aliphatic carbocycles. The molecule has 8 heteroatoms. The molecule has 0 saturated carbocycles. The molecule has 1 aromatic carbocycles. The van der Waals surface area contributed by atoms with E-state index in [1.807, 2.05) is 0 Å². The molecule has 0 atom stereocenters. The number of hydrogen-bond donors (Lipinski definition) is 2. The molecule has 0 fully saturated rings. The van der Waals surface area contributed by atoms with Gasteiger partial charge in [0.2, 0.25) is 0 Å². The number of ether oxygens (including phenoxy) is 1. The molecule has 0 aliphatic rings. The Bertz CT molecular complexity index is 412. The number of alkyl halides is 4. The maximum Gasteiger partial charge on any atom is 0.461 e. The van der Waals surface area contributed by atoms with E-state index in [2.05, 4.69) is 4.74 Å². The average Bonchev–Trinajstić information content (AvgIpc) is 2.27. The number of rotatable bonds is 4. The van der Waals surface area contributed by atoms with E-state index in [0.717, 1.165) is 12.1 Å². The van der Waals surface area contributed by atoms with Gasteiger partial charge in [-0.3, -0.25) is 10.2 Å². The van der Waals surface area contributed by atoms with Gasteiger partial charge in [-0.15, -0.1) is 0 Å². The highest BCUT2D eigenvalue weighted by Gasteiger charge is 2.44. The van der Waals surface area contributed by atoms with Crippen LogP contribution in [0.1, 0.15) is 10.4 Å². The minimum Gasteiger partial charge on any atom is -0.428 e. The van der Waals surface area contributed by atoms with Crippen LogP contribution in [0.25, 0.3) is 0 Å². The van der Waals surface area contributed by atoms with Crippen LogP contribution in [0.15, 0.2) is 24.3 Å². The Morgan fingerprint density at radius 2 is 2.06 bits per heavy atom. The van der Waals surface area contributed by atoms with Gasteiger partial charge in [0.05, 0.1) is 0 Å². The van der Waals surface area contributed by atoms with E-state index >= 15 is 0 Å². The van der Waals surface area contributed by atoms with Crippen LogP contribution in [-0.4, -0.2) is 18.4 Å². The number of carbonyl (C=O) groups is 1. The summed E-state index contributed by atoms with van der Waals surface area (Å²) < 4.78 is 52.6. The minimum atomic E-state index is -4.61. The van der Waals surface area contributed by atoms with Gasteiger partial charge in [0.1, 0.15) is 5.75 Å². The molecule has 1 aromatic rings. The van der Waals surface area contributed by atoms with Crippen molar-refractivity contribution in [3.8, 4) is 5.75 Å². The third-order valence-electron chi connectivity index (χ3n) is 1.74. The maximum absolute atomic E-state index is 12.5. The molecule has 0 aromatic heterocycles. The summed E-state index contributed by atoms with van der Waals surface area (Å²) in [5, 5.41) is 0. The van der Waals surface area contributed by atoms with E-state index in [1.54, 1.807) is 5.43 Å². The van der Waals surface area contributed by atoms with Crippen LogP contribution >= 0.6 is 0 Å². The molecule has 0 spiro atoms. The molecule has 0 saturated heterocycles. The predicted molar refractivity (Wildman–Crippen MR) is 49.7 cm³/mol. The van der Waals surface area contributed by atoms with Crippen LogP contribution in [0, 0.1) is 0 Å². The third kappa shape index (κ3) is 3.31. The highest BCUT2D eigenvalue weighted by Crippen LogP contribution is 2.27. The van der Waals surface area contributed by atoms with Gasteiger partial charge >= 0.3 is 12.5 Å². The molecule has 0 aliphatic heterocycles. The highest BCUT2D eigenvalue weighted by atomic mass is 19.3. The Balaban J connectivity index is 2.90. The second-order valence-corrected chi connectivity index (χ2v) is 2.97. The fourth-order valence-electron chi connectivity index (χ4n) is 0.986. The SMILES string of the molecule is NNC(=O)c1cccc(OC(F)(F)C(F)F)c1. The number of hydrazine groups is 1. The largest absolute Gasteiger partial charge is 0.461 e. The summed E-state index contributed by atoms with van der Waals surface area (Å²) in [5.41, 5.74) is 1.68. The van der Waals surface area contributed by atoms with Gasteiger partial charge in [-0.2, -0.15) is 17.6 Å². The normalized spacial score (nSPS) is 11.4. The minimum absolute atomic E-state index is 0.0879. The zero-order chi connectivity index (χ0) is 13.1. The first kappa shape index (κ1) is 13.2. The van der Waals surface area contributed by atoms with Crippen LogP contribution in [0.4, 0.5) is 17.6 Å². The van der Waals surface area contributed by atoms with E-state index in [1.165, 1.54) is 12.1 Å². The lowest BCUT2D eigenvalue weighted by Gasteiger charge is -2.16. The van der Waals surface area contributed by atoms with Crippen molar-refractivity contribution in [2.24, 2.45) is 5.84 Å². The molecular weight excluding hydrogens is 244 g/mol. The summed E-state index contributed by atoms with van der Waals surface area (Å²) in [6, 6.07) is 4.35. The first-order chi connectivity index (χ1) is 7.86. The van der Waals surface area contributed by atoms with Crippen molar-refractivity contribution in [3.05, 3.63) is 29.8 Å². The summed E-state index contributed by atoms with van der Waals surface area (Å²) in [6.07, 6.45) is -8.58. The Hall–Kier alpha value is -1.83. The number of carbonyl (C=O) groups excluding carboxylic acids is 1. The summed E-state index contributed by atoms with van der Waals surface area (Å²) in [4.78, 5) is 11.0. The van der Waals surface area contributed by atoms with Crippen LogP contribution in [0.3, 0.4) is 0 Å². The fraction of sp³-hybridized carbons (Fsp3) is 0.222. The molecule has 0 bridgehead atoms. The smallest absolute Gasteiger partial charge is 0.428 e. The topological polar surface area (TPSA) is 64.3 Å². The Labute approximate surface area is 93.3 Å². The second-order valence-electron chi connectivity index (χ2n) is 2.97.